The topological polar surface area (TPSA) is 117 Å². The van der Waals surface area contributed by atoms with E-state index in [-0.39, 0.29) is 11.3 Å². The monoisotopic (exact) mass is 316 g/mol. The molecule has 0 saturated heterocycles. The average molecular weight is 316 g/mol. The average Bonchev–Trinajstić information content (AvgIpc) is 2.76. The predicted molar refractivity (Wildman–Crippen MR) is 79.2 cm³/mol. The van der Waals surface area contributed by atoms with E-state index in [1.807, 2.05) is 0 Å². The summed E-state index contributed by atoms with van der Waals surface area (Å²) in [7, 11) is 0. The van der Waals surface area contributed by atoms with Gasteiger partial charge in [0.25, 0.3) is 0 Å². The second kappa shape index (κ2) is 5.20. The number of esters is 1. The highest BCUT2D eigenvalue weighted by Gasteiger charge is 2.32. The number of hydrogen-bond acceptors (Lipinski definition) is 7. The smallest absolute Gasteiger partial charge is 0.342 e. The Kier molecular flexibility index (Phi) is 3.33. The Hall–Kier alpha value is -3.22. The van der Waals surface area contributed by atoms with Crippen LogP contribution in [0.3, 0.4) is 0 Å². The third-order valence-corrected chi connectivity index (χ3v) is 3.46. The normalized spacial score (nSPS) is 16.6. The molecule has 7 heteroatoms. The molecule has 0 saturated carbocycles. The number of rotatable bonds is 2. The molecule has 0 amide bonds. The molecular weight excluding hydrogens is 304 g/mol. The third kappa shape index (κ3) is 2.52. The first-order valence-electron chi connectivity index (χ1n) is 6.69. The molecule has 7 nitrogen and oxygen atoms in total. The SMILES string of the molecule is C[C@H]1OC(=O)c2c1cc(=O)oc2C=Cc1cc(O)c(O)c(O)c1. The highest BCUT2D eigenvalue weighted by molar-refractivity contribution is 5.97. The van der Waals surface area contributed by atoms with Crippen LogP contribution in [0.25, 0.3) is 12.2 Å². The van der Waals surface area contributed by atoms with Gasteiger partial charge in [-0.25, -0.2) is 9.59 Å². The van der Waals surface area contributed by atoms with E-state index in [0.29, 0.717) is 11.1 Å². The van der Waals surface area contributed by atoms with Gasteiger partial charge in [-0.1, -0.05) is 6.08 Å². The van der Waals surface area contributed by atoms with Gasteiger partial charge in [-0.3, -0.25) is 0 Å². The number of carbonyl (C=O) groups is 1. The van der Waals surface area contributed by atoms with Crippen molar-refractivity contribution in [2.24, 2.45) is 0 Å². The quantitative estimate of drug-likeness (QED) is 0.574. The molecule has 2 aromatic rings. The summed E-state index contributed by atoms with van der Waals surface area (Å²) in [5.74, 6) is -2.21. The number of aromatic hydroxyl groups is 3. The van der Waals surface area contributed by atoms with Crippen LogP contribution in [0.2, 0.25) is 0 Å². The lowest BCUT2D eigenvalue weighted by Gasteiger charge is -2.03. The lowest BCUT2D eigenvalue weighted by Crippen LogP contribution is -2.05. The lowest BCUT2D eigenvalue weighted by atomic mass is 10.1. The first-order valence-corrected chi connectivity index (χ1v) is 6.69. The molecule has 3 rings (SSSR count). The minimum Gasteiger partial charge on any atom is -0.504 e. The minimum absolute atomic E-state index is 0.0221. The van der Waals surface area contributed by atoms with Gasteiger partial charge < -0.3 is 24.5 Å². The Bertz CT molecular complexity index is 869. The summed E-state index contributed by atoms with van der Waals surface area (Å²) in [4.78, 5) is 23.4. The Morgan fingerprint density at radius 1 is 1.04 bits per heavy atom. The van der Waals surface area contributed by atoms with Crippen LogP contribution in [0.5, 0.6) is 17.2 Å². The maximum Gasteiger partial charge on any atom is 0.342 e. The van der Waals surface area contributed by atoms with Gasteiger partial charge in [-0.05, 0) is 30.7 Å². The van der Waals surface area contributed by atoms with Gasteiger partial charge in [-0.15, -0.1) is 0 Å². The van der Waals surface area contributed by atoms with E-state index in [2.05, 4.69) is 0 Å². The van der Waals surface area contributed by atoms with E-state index in [9.17, 15) is 24.9 Å². The van der Waals surface area contributed by atoms with Gasteiger partial charge in [0.1, 0.15) is 17.4 Å². The van der Waals surface area contributed by atoms with Crippen molar-refractivity contribution in [1.82, 2.24) is 0 Å². The summed E-state index contributed by atoms with van der Waals surface area (Å²) in [6, 6.07) is 3.61. The molecule has 3 N–H and O–H groups in total. The van der Waals surface area contributed by atoms with Gasteiger partial charge in [0.15, 0.2) is 17.2 Å². The third-order valence-electron chi connectivity index (χ3n) is 3.46. The fourth-order valence-corrected chi connectivity index (χ4v) is 2.36. The summed E-state index contributed by atoms with van der Waals surface area (Å²) in [5.41, 5.74) is 0.324. The highest BCUT2D eigenvalue weighted by atomic mass is 16.5. The summed E-state index contributed by atoms with van der Waals surface area (Å²) >= 11 is 0. The van der Waals surface area contributed by atoms with Crippen molar-refractivity contribution < 1.29 is 29.3 Å². The van der Waals surface area contributed by atoms with Crippen LogP contribution in [0.4, 0.5) is 0 Å². The van der Waals surface area contributed by atoms with Gasteiger partial charge in [-0.2, -0.15) is 0 Å². The van der Waals surface area contributed by atoms with E-state index < -0.39 is 34.9 Å². The van der Waals surface area contributed by atoms with Crippen LogP contribution in [0, 0.1) is 0 Å². The molecule has 118 valence electrons. The van der Waals surface area contributed by atoms with E-state index in [4.69, 9.17) is 9.15 Å². The summed E-state index contributed by atoms with van der Waals surface area (Å²) in [5, 5.41) is 28.2. The van der Waals surface area contributed by atoms with Crippen molar-refractivity contribution in [2.75, 3.05) is 0 Å². The van der Waals surface area contributed by atoms with Crippen LogP contribution in [0.15, 0.2) is 27.4 Å². The molecule has 1 aromatic carbocycles. The van der Waals surface area contributed by atoms with Crippen LogP contribution in [-0.4, -0.2) is 21.3 Å². The van der Waals surface area contributed by atoms with Gasteiger partial charge in [0.05, 0.1) is 0 Å². The number of benzene rings is 1. The number of carbonyl (C=O) groups excluding carboxylic acids is 1. The van der Waals surface area contributed by atoms with Crippen LogP contribution >= 0.6 is 0 Å². The van der Waals surface area contributed by atoms with Crippen molar-refractivity contribution in [3.05, 3.63) is 51.1 Å². The molecule has 1 aromatic heterocycles. The van der Waals surface area contributed by atoms with Crippen molar-refractivity contribution in [3.63, 3.8) is 0 Å². The predicted octanol–water partition coefficient (Wildman–Crippen LogP) is 2.16. The molecule has 1 atom stereocenters. The molecule has 0 spiro atoms. The zero-order chi connectivity index (χ0) is 16.7. The standard InChI is InChI=1S/C16H12O7/c1-7-9-6-13(19)23-12(14(9)16(21)22-7)3-2-8-4-10(17)15(20)11(18)5-8/h2-7,17-18,20H,1H3/t7-/m1/s1. The molecule has 2 heterocycles. The Labute approximate surface area is 129 Å². The molecule has 0 radical (unpaired) electrons. The van der Waals surface area contributed by atoms with Crippen LogP contribution in [-0.2, 0) is 4.74 Å². The largest absolute Gasteiger partial charge is 0.504 e. The molecule has 23 heavy (non-hydrogen) atoms. The molecule has 0 bridgehead atoms. The second-order valence-corrected chi connectivity index (χ2v) is 5.05. The zero-order valence-electron chi connectivity index (χ0n) is 11.9. The molecular formula is C16H12O7. The molecule has 0 unspecified atom stereocenters. The summed E-state index contributed by atoms with van der Waals surface area (Å²) in [6.45, 7) is 1.65. The lowest BCUT2D eigenvalue weighted by molar-refractivity contribution is 0.0421. The van der Waals surface area contributed by atoms with Gasteiger partial charge >= 0.3 is 11.6 Å². The number of cyclic esters (lactones) is 1. The molecule has 0 fully saturated rings. The van der Waals surface area contributed by atoms with Crippen LogP contribution < -0.4 is 5.63 Å². The second-order valence-electron chi connectivity index (χ2n) is 5.05. The van der Waals surface area contributed by atoms with Crippen molar-refractivity contribution >= 4 is 18.1 Å². The highest BCUT2D eigenvalue weighted by Crippen LogP contribution is 2.36. The number of ether oxygens (including phenoxy) is 1. The Balaban J connectivity index is 2.06. The Morgan fingerprint density at radius 3 is 2.35 bits per heavy atom. The van der Waals surface area contributed by atoms with E-state index >= 15 is 0 Å². The van der Waals surface area contributed by atoms with Gasteiger partial charge in [0, 0.05) is 11.6 Å². The maximum absolute atomic E-state index is 11.8. The van der Waals surface area contributed by atoms with Crippen LogP contribution in [0.1, 0.15) is 40.3 Å². The fourth-order valence-electron chi connectivity index (χ4n) is 2.36. The number of phenolic OH excluding ortho intramolecular Hbond substituents is 3. The zero-order valence-corrected chi connectivity index (χ0v) is 11.9. The number of fused-ring (bicyclic) bond motifs is 1. The van der Waals surface area contributed by atoms with E-state index in [1.165, 1.54) is 30.4 Å². The fraction of sp³-hybridized carbons (Fsp3) is 0.125. The van der Waals surface area contributed by atoms with Crippen molar-refractivity contribution in [2.45, 2.75) is 13.0 Å². The first kappa shape index (κ1) is 14.7. The maximum atomic E-state index is 11.8. The molecule has 0 aliphatic carbocycles. The van der Waals surface area contributed by atoms with E-state index in [0.717, 1.165) is 0 Å². The van der Waals surface area contributed by atoms with E-state index in [1.54, 1.807) is 6.92 Å². The summed E-state index contributed by atoms with van der Waals surface area (Å²) in [6.07, 6.45) is 2.23. The molecule has 1 aliphatic rings. The van der Waals surface area contributed by atoms with Crippen molar-refractivity contribution in [1.29, 1.82) is 0 Å². The molecule has 1 aliphatic heterocycles. The minimum atomic E-state index is -0.633. The summed E-state index contributed by atoms with van der Waals surface area (Å²) < 4.78 is 10.1. The number of hydrogen-bond donors (Lipinski definition) is 3. The number of phenols is 3. The first-order chi connectivity index (χ1) is 10.9. The Morgan fingerprint density at radius 2 is 1.70 bits per heavy atom. The van der Waals surface area contributed by atoms with Crippen molar-refractivity contribution in [3.8, 4) is 17.2 Å². The van der Waals surface area contributed by atoms with Gasteiger partial charge in [0.2, 0.25) is 0 Å².